The number of ether oxygens (including phenoxy) is 3. The van der Waals surface area contributed by atoms with Crippen LogP contribution in [0.2, 0.25) is 0 Å². The van der Waals surface area contributed by atoms with Crippen molar-refractivity contribution >= 4 is 63.1 Å². The molecule has 0 aliphatic heterocycles. The van der Waals surface area contributed by atoms with E-state index in [1.807, 2.05) is 0 Å². The van der Waals surface area contributed by atoms with Crippen LogP contribution in [-0.4, -0.2) is 64.1 Å². The van der Waals surface area contributed by atoms with Crippen LogP contribution in [0, 0.1) is 17.0 Å². The molecule has 10 nitrogen and oxygen atoms in total. The molecule has 0 radical (unpaired) electrons. The summed E-state index contributed by atoms with van der Waals surface area (Å²) in [7, 11) is 0. The molecule has 13 heteroatoms. The molecular weight excluding hydrogens is 601 g/mol. The Hall–Kier alpha value is -4.49. The van der Waals surface area contributed by atoms with E-state index in [1.54, 1.807) is 25.1 Å². The Balaban J connectivity index is 0.00000256. The zero-order valence-corrected chi connectivity index (χ0v) is 25.8. The number of halogens is 2. The summed E-state index contributed by atoms with van der Waals surface area (Å²) in [5, 5.41) is 14.6. The quantitative estimate of drug-likeness (QED) is 0.0908. The van der Waals surface area contributed by atoms with E-state index in [1.165, 1.54) is 42.6 Å². The van der Waals surface area contributed by atoms with Crippen LogP contribution in [0.1, 0.15) is 35.5 Å². The number of aliphatic carboxylic acids is 1. The molecule has 1 aromatic heterocycles. The second-order valence-electron chi connectivity index (χ2n) is 10.1. The molecule has 1 aliphatic rings. The first kappa shape index (κ1) is 33.4. The molecule has 0 bridgehead atoms. The van der Waals surface area contributed by atoms with Gasteiger partial charge >= 0.3 is 29.0 Å². The van der Waals surface area contributed by atoms with Crippen molar-refractivity contribution in [2.45, 2.75) is 32.6 Å². The Bertz CT molecular complexity index is 1730. The number of anilines is 2. The van der Waals surface area contributed by atoms with Gasteiger partial charge in [0.25, 0.3) is 0 Å². The van der Waals surface area contributed by atoms with Gasteiger partial charge < -0.3 is 32.8 Å². The molecule has 2 amide bonds. The molecule has 0 saturated heterocycles. The van der Waals surface area contributed by atoms with Crippen LogP contribution in [0.3, 0.4) is 0 Å². The SMILES string of the molecule is CCOc1cc2c(Oc3ccc(NC(=O)C4(C(=O)Nc5ccc(F)cc5)CC4)cc3F)ccnc2cc1OCCCC(=O)O.[H-].[H-].[Mg+2]. The molecule has 3 N–H and O–H groups in total. The summed E-state index contributed by atoms with van der Waals surface area (Å²) in [6.45, 7) is 2.31. The van der Waals surface area contributed by atoms with Gasteiger partial charge in [0.2, 0.25) is 11.8 Å². The monoisotopic (exact) mass is 631 g/mol. The van der Waals surface area contributed by atoms with Gasteiger partial charge in [-0.3, -0.25) is 19.4 Å². The van der Waals surface area contributed by atoms with E-state index in [9.17, 15) is 18.8 Å². The van der Waals surface area contributed by atoms with Crippen molar-refractivity contribution in [2.75, 3.05) is 23.8 Å². The van der Waals surface area contributed by atoms with E-state index in [2.05, 4.69) is 15.6 Å². The Morgan fingerprint density at radius 1 is 0.889 bits per heavy atom. The minimum absolute atomic E-state index is 0. The summed E-state index contributed by atoms with van der Waals surface area (Å²) in [5.74, 6) is -2.26. The van der Waals surface area contributed by atoms with E-state index >= 15 is 4.39 Å². The molecule has 0 unspecified atom stereocenters. The standard InChI is InChI=1S/C32H29F2N3O7.Mg.2H/c1-2-42-27-17-22-24(18-28(27)43-15-3-4-29(38)39)35-14-11-25(22)44-26-10-9-21(16-23(26)34)37-31(41)32(12-13-32)30(40)36-20-7-5-19(33)6-8-20;;;/h5-11,14,16-18H,2-4,12-13,15H2,1H3,(H,36,40)(H,37,41)(H,38,39);;;/q;+2;2*-1. The van der Waals surface area contributed by atoms with Crippen LogP contribution in [0.25, 0.3) is 10.9 Å². The molecule has 45 heavy (non-hydrogen) atoms. The maximum Gasteiger partial charge on any atom is 2.00 e. The number of carboxylic acid groups (broad SMARTS) is 1. The second-order valence-corrected chi connectivity index (χ2v) is 10.1. The molecule has 1 heterocycles. The van der Waals surface area contributed by atoms with Crippen molar-refractivity contribution in [3.8, 4) is 23.0 Å². The van der Waals surface area contributed by atoms with Gasteiger partial charge in [0.05, 0.1) is 18.7 Å². The molecular formula is C32H31F2MgN3O7. The summed E-state index contributed by atoms with van der Waals surface area (Å²) in [6.07, 6.45) is 2.42. The van der Waals surface area contributed by atoms with Crippen molar-refractivity contribution < 1.29 is 45.3 Å². The van der Waals surface area contributed by atoms with Crippen LogP contribution in [0.15, 0.2) is 66.9 Å². The van der Waals surface area contributed by atoms with E-state index in [0.717, 1.165) is 6.07 Å². The summed E-state index contributed by atoms with van der Waals surface area (Å²) in [5.41, 5.74) is -0.312. The summed E-state index contributed by atoms with van der Waals surface area (Å²) in [4.78, 5) is 41.0. The molecule has 4 aromatic rings. The first-order valence-corrected chi connectivity index (χ1v) is 13.9. The summed E-state index contributed by atoms with van der Waals surface area (Å²) >= 11 is 0. The summed E-state index contributed by atoms with van der Waals surface area (Å²) in [6, 6.07) is 14.0. The van der Waals surface area contributed by atoms with Gasteiger partial charge in [0.15, 0.2) is 23.1 Å². The fraction of sp³-hybridized carbons (Fsp3) is 0.250. The average Bonchev–Trinajstić information content (AvgIpc) is 3.81. The Kier molecular flexibility index (Phi) is 10.8. The number of carbonyl (C=O) groups excluding carboxylic acids is 2. The molecule has 1 aliphatic carbocycles. The van der Waals surface area contributed by atoms with Crippen LogP contribution in [-0.2, 0) is 14.4 Å². The number of amides is 2. The Labute approximate surface area is 276 Å². The molecule has 1 fully saturated rings. The van der Waals surface area contributed by atoms with Gasteiger partial charge in [-0.2, -0.15) is 0 Å². The number of nitrogens with zero attached hydrogens (tertiary/aromatic N) is 1. The smallest absolute Gasteiger partial charge is 1.00 e. The number of nitrogens with one attached hydrogen (secondary N) is 2. The predicted octanol–water partition coefficient (Wildman–Crippen LogP) is 6.15. The average molecular weight is 632 g/mol. The first-order valence-electron chi connectivity index (χ1n) is 13.9. The zero-order valence-electron chi connectivity index (χ0n) is 26.4. The molecule has 5 rings (SSSR count). The van der Waals surface area contributed by atoms with E-state index in [-0.39, 0.29) is 50.4 Å². The maximum absolute atomic E-state index is 15.2. The fourth-order valence-corrected chi connectivity index (χ4v) is 4.50. The minimum atomic E-state index is -1.30. The van der Waals surface area contributed by atoms with Crippen molar-refractivity contribution in [3.63, 3.8) is 0 Å². The largest absolute Gasteiger partial charge is 2.00 e. The van der Waals surface area contributed by atoms with E-state index < -0.39 is 34.8 Å². The van der Waals surface area contributed by atoms with Crippen LogP contribution in [0.5, 0.6) is 23.0 Å². The number of hydrogen-bond donors (Lipinski definition) is 3. The maximum atomic E-state index is 15.2. The first-order chi connectivity index (χ1) is 21.2. The van der Waals surface area contributed by atoms with Gasteiger partial charge in [-0.1, -0.05) is 0 Å². The molecule has 232 valence electrons. The third-order valence-electron chi connectivity index (χ3n) is 6.99. The molecule has 3 aromatic carbocycles. The normalized spacial score (nSPS) is 12.9. The topological polar surface area (TPSA) is 136 Å². The van der Waals surface area contributed by atoms with Crippen molar-refractivity contribution in [1.82, 2.24) is 4.98 Å². The van der Waals surface area contributed by atoms with Gasteiger partial charge in [0.1, 0.15) is 17.0 Å². The van der Waals surface area contributed by atoms with E-state index in [4.69, 9.17) is 19.3 Å². The minimum Gasteiger partial charge on any atom is -1.00 e. The van der Waals surface area contributed by atoms with Crippen molar-refractivity contribution in [2.24, 2.45) is 5.41 Å². The number of fused-ring (bicyclic) bond motifs is 1. The second kappa shape index (κ2) is 14.5. The third-order valence-corrected chi connectivity index (χ3v) is 6.99. The van der Waals surface area contributed by atoms with Gasteiger partial charge in [-0.05, 0) is 74.7 Å². The van der Waals surface area contributed by atoms with Gasteiger partial charge in [-0.25, -0.2) is 8.78 Å². The van der Waals surface area contributed by atoms with Crippen molar-refractivity contribution in [3.05, 3.63) is 78.5 Å². The Morgan fingerprint density at radius 3 is 2.20 bits per heavy atom. The number of hydrogen-bond acceptors (Lipinski definition) is 7. The van der Waals surface area contributed by atoms with Crippen LogP contribution in [0.4, 0.5) is 20.2 Å². The number of aromatic nitrogens is 1. The Morgan fingerprint density at radius 2 is 1.56 bits per heavy atom. The molecule has 1 saturated carbocycles. The van der Waals surface area contributed by atoms with Crippen LogP contribution >= 0.6 is 0 Å². The van der Waals surface area contributed by atoms with Crippen LogP contribution < -0.4 is 24.8 Å². The fourth-order valence-electron chi connectivity index (χ4n) is 4.50. The number of carboxylic acids is 1. The number of benzene rings is 3. The number of carbonyl (C=O) groups is 3. The molecule has 0 atom stereocenters. The summed E-state index contributed by atoms with van der Waals surface area (Å²) < 4.78 is 45.7. The number of pyridine rings is 1. The van der Waals surface area contributed by atoms with E-state index in [0.29, 0.717) is 59.7 Å². The van der Waals surface area contributed by atoms with Gasteiger partial charge in [0, 0.05) is 41.5 Å². The molecule has 0 spiro atoms. The zero-order chi connectivity index (χ0) is 31.3. The van der Waals surface area contributed by atoms with Crippen molar-refractivity contribution in [1.29, 1.82) is 0 Å². The predicted molar refractivity (Wildman–Crippen MR) is 165 cm³/mol. The third kappa shape index (κ3) is 7.97. The number of rotatable bonds is 13. The van der Waals surface area contributed by atoms with Gasteiger partial charge in [-0.15, -0.1) is 0 Å².